The van der Waals surface area contributed by atoms with E-state index in [2.05, 4.69) is 15.4 Å². The first-order chi connectivity index (χ1) is 17.1. The van der Waals surface area contributed by atoms with Crippen LogP contribution in [0.15, 0.2) is 84.1 Å². The van der Waals surface area contributed by atoms with Gasteiger partial charge in [0.05, 0.1) is 25.0 Å². The highest BCUT2D eigenvalue weighted by atomic mass is 16.5. The lowest BCUT2D eigenvalue weighted by Gasteiger charge is -2.12. The van der Waals surface area contributed by atoms with Gasteiger partial charge in [-0.25, -0.2) is 14.3 Å². The minimum atomic E-state index is -0.793. The molecule has 1 heterocycles. The molecule has 1 amide bonds. The van der Waals surface area contributed by atoms with Crippen LogP contribution in [0, 0.1) is 0 Å². The van der Waals surface area contributed by atoms with Crippen LogP contribution >= 0.6 is 0 Å². The molecule has 0 aliphatic heterocycles. The minimum absolute atomic E-state index is 0.0571. The Labute approximate surface area is 201 Å². The zero-order valence-corrected chi connectivity index (χ0v) is 19.3. The Kier molecular flexibility index (Phi) is 7.37. The fraction of sp³-hybridized carbons (Fsp3) is 0.154. The van der Waals surface area contributed by atoms with Crippen molar-refractivity contribution in [3.8, 4) is 11.5 Å². The van der Waals surface area contributed by atoms with Gasteiger partial charge >= 0.3 is 12.1 Å². The van der Waals surface area contributed by atoms with Crippen LogP contribution in [0.3, 0.4) is 0 Å². The third kappa shape index (κ3) is 5.83. The number of nitrogens with zero attached hydrogens (tertiary/aromatic N) is 3. The van der Waals surface area contributed by atoms with Gasteiger partial charge in [0.2, 0.25) is 5.96 Å². The molecule has 0 bridgehead atoms. The van der Waals surface area contributed by atoms with Crippen molar-refractivity contribution in [2.45, 2.75) is 13.8 Å². The molecule has 3 aromatic carbocycles. The molecule has 0 saturated heterocycles. The monoisotopic (exact) mass is 472 g/mol. The van der Waals surface area contributed by atoms with Gasteiger partial charge in [-0.2, -0.15) is 5.10 Å². The molecule has 9 heteroatoms. The molecule has 0 atom stereocenters. The van der Waals surface area contributed by atoms with Gasteiger partial charge < -0.3 is 19.5 Å². The topological polar surface area (TPSA) is 104 Å². The van der Waals surface area contributed by atoms with Gasteiger partial charge in [-0.3, -0.25) is 0 Å². The van der Waals surface area contributed by atoms with Gasteiger partial charge in [0.15, 0.2) is 0 Å². The molecule has 0 spiro atoms. The van der Waals surface area contributed by atoms with Gasteiger partial charge in [-0.05, 0) is 49.6 Å². The number of carbonyl (C=O) groups is 2. The second-order valence-electron chi connectivity index (χ2n) is 7.26. The lowest BCUT2D eigenvalue weighted by atomic mass is 10.1. The van der Waals surface area contributed by atoms with Crippen molar-refractivity contribution in [2.75, 3.05) is 18.5 Å². The van der Waals surface area contributed by atoms with Crippen LogP contribution in [-0.4, -0.2) is 41.0 Å². The normalized spacial score (nSPS) is 11.2. The van der Waals surface area contributed by atoms with Gasteiger partial charge in [-0.1, -0.05) is 36.4 Å². The highest BCUT2D eigenvalue weighted by Gasteiger charge is 2.14. The third-order valence-corrected chi connectivity index (χ3v) is 4.86. The van der Waals surface area contributed by atoms with Gasteiger partial charge in [-0.15, -0.1) is 4.99 Å². The van der Waals surface area contributed by atoms with E-state index >= 15 is 0 Å². The standard InChI is InChI=1S/C26H24N4O5/c1-3-33-24(31)19-16-27-30(17-19)25(29-26(32)34-4-2)28-20-12-14-21(15-13-20)35-23-11-7-9-18-8-5-6-10-22(18)23/h5-17H,3-4H2,1-2H3,(H,28,29,32). The van der Waals surface area contributed by atoms with Crippen molar-refractivity contribution < 1.29 is 23.8 Å². The fourth-order valence-electron chi connectivity index (χ4n) is 3.28. The van der Waals surface area contributed by atoms with Crippen molar-refractivity contribution in [3.63, 3.8) is 0 Å². The predicted octanol–water partition coefficient (Wildman–Crippen LogP) is 5.48. The molecule has 0 aliphatic carbocycles. The first-order valence-corrected chi connectivity index (χ1v) is 11.1. The number of nitrogens with one attached hydrogen (secondary N) is 1. The summed E-state index contributed by atoms with van der Waals surface area (Å²) in [6, 6.07) is 21.0. The number of benzene rings is 3. The molecule has 0 aliphatic rings. The van der Waals surface area contributed by atoms with Gasteiger partial charge in [0.1, 0.15) is 11.5 Å². The van der Waals surface area contributed by atoms with E-state index in [9.17, 15) is 9.59 Å². The molecule has 1 aromatic heterocycles. The Morgan fingerprint density at radius 2 is 1.69 bits per heavy atom. The van der Waals surface area contributed by atoms with Gasteiger partial charge in [0, 0.05) is 17.3 Å². The molecule has 1 N–H and O–H groups in total. The highest BCUT2D eigenvalue weighted by molar-refractivity contribution is 6.01. The number of aliphatic imine (C=N–C) groups is 1. The van der Waals surface area contributed by atoms with E-state index in [1.165, 1.54) is 17.1 Å². The lowest BCUT2D eigenvalue weighted by molar-refractivity contribution is 0.0526. The maximum absolute atomic E-state index is 12.0. The van der Waals surface area contributed by atoms with Gasteiger partial charge in [0.25, 0.3) is 0 Å². The Hall–Kier alpha value is -4.66. The number of fused-ring (bicyclic) bond motifs is 1. The highest BCUT2D eigenvalue weighted by Crippen LogP contribution is 2.30. The molecule has 4 rings (SSSR count). The van der Waals surface area contributed by atoms with E-state index in [0.717, 1.165) is 16.5 Å². The molecule has 4 aromatic rings. The second-order valence-corrected chi connectivity index (χ2v) is 7.26. The van der Waals surface area contributed by atoms with Crippen LogP contribution in [0.2, 0.25) is 0 Å². The maximum atomic E-state index is 12.0. The summed E-state index contributed by atoms with van der Waals surface area (Å²) < 4.78 is 17.3. The molecule has 0 fully saturated rings. The van der Waals surface area contributed by atoms with Crippen LogP contribution < -0.4 is 10.1 Å². The molecule has 0 saturated carbocycles. The zero-order valence-electron chi connectivity index (χ0n) is 19.3. The number of amides is 1. The van der Waals surface area contributed by atoms with Crippen molar-refractivity contribution in [1.29, 1.82) is 0 Å². The fourth-order valence-corrected chi connectivity index (χ4v) is 3.28. The Balaban J connectivity index is 1.54. The van der Waals surface area contributed by atoms with E-state index < -0.39 is 12.1 Å². The second kappa shape index (κ2) is 11.0. The third-order valence-electron chi connectivity index (χ3n) is 4.86. The Morgan fingerprint density at radius 3 is 2.46 bits per heavy atom. The first kappa shape index (κ1) is 23.5. The van der Waals surface area contributed by atoms with E-state index in [1.807, 2.05) is 42.5 Å². The zero-order chi connectivity index (χ0) is 24.6. The first-order valence-electron chi connectivity index (χ1n) is 11.1. The van der Waals surface area contributed by atoms with E-state index in [1.54, 1.807) is 38.1 Å². The van der Waals surface area contributed by atoms with Crippen molar-refractivity contribution in [1.82, 2.24) is 9.78 Å². The summed E-state index contributed by atoms with van der Waals surface area (Å²) >= 11 is 0. The summed E-state index contributed by atoms with van der Waals surface area (Å²) in [6.45, 7) is 3.80. The summed E-state index contributed by atoms with van der Waals surface area (Å²) in [5.74, 6) is 0.918. The van der Waals surface area contributed by atoms with Crippen molar-refractivity contribution in [3.05, 3.63) is 84.7 Å². The molecule has 0 unspecified atom stereocenters. The van der Waals surface area contributed by atoms with E-state index in [0.29, 0.717) is 11.4 Å². The molecular weight excluding hydrogens is 448 g/mol. The maximum Gasteiger partial charge on any atom is 0.436 e. The molecule has 9 nitrogen and oxygen atoms in total. The summed E-state index contributed by atoms with van der Waals surface area (Å²) in [6.07, 6.45) is 1.96. The average molecular weight is 473 g/mol. The smallest absolute Gasteiger partial charge is 0.436 e. The van der Waals surface area contributed by atoms with Crippen LogP contribution in [0.1, 0.15) is 24.2 Å². The number of aromatic nitrogens is 2. The Bertz CT molecular complexity index is 1360. The average Bonchev–Trinajstić information content (AvgIpc) is 3.36. The van der Waals surface area contributed by atoms with Crippen LogP contribution in [0.4, 0.5) is 10.5 Å². The predicted molar refractivity (Wildman–Crippen MR) is 132 cm³/mol. The van der Waals surface area contributed by atoms with Crippen LogP contribution in [-0.2, 0) is 9.47 Å². The molecule has 0 radical (unpaired) electrons. The molecular formula is C26H24N4O5. The number of ether oxygens (including phenoxy) is 3. The molecule has 35 heavy (non-hydrogen) atoms. The Morgan fingerprint density at radius 1 is 0.943 bits per heavy atom. The number of esters is 1. The van der Waals surface area contributed by atoms with Crippen LogP contribution in [0.25, 0.3) is 10.8 Å². The minimum Gasteiger partial charge on any atom is -0.462 e. The number of hydrogen-bond acceptors (Lipinski definition) is 6. The lowest BCUT2D eigenvalue weighted by Crippen LogP contribution is -2.24. The number of rotatable bonds is 6. The largest absolute Gasteiger partial charge is 0.462 e. The van der Waals surface area contributed by atoms with Crippen molar-refractivity contribution >= 4 is 34.5 Å². The summed E-state index contributed by atoms with van der Waals surface area (Å²) in [7, 11) is 0. The van der Waals surface area contributed by atoms with E-state index in [4.69, 9.17) is 14.2 Å². The SMILES string of the molecule is CCOC(=O)/N=C(/Nc1ccc(Oc2cccc3ccccc23)cc1)n1cc(C(=O)OCC)cn1. The number of hydrogen-bond donors (Lipinski definition) is 1. The number of anilines is 1. The molecule has 178 valence electrons. The summed E-state index contributed by atoms with van der Waals surface area (Å²) in [5, 5.41) is 9.25. The number of carbonyl (C=O) groups excluding carboxylic acids is 2. The summed E-state index contributed by atoms with van der Waals surface area (Å²) in [5.41, 5.74) is 0.843. The van der Waals surface area contributed by atoms with Crippen LogP contribution in [0.5, 0.6) is 11.5 Å². The quantitative estimate of drug-likeness (QED) is 0.225. The van der Waals surface area contributed by atoms with Crippen molar-refractivity contribution in [2.24, 2.45) is 4.99 Å². The van der Waals surface area contributed by atoms with E-state index in [-0.39, 0.29) is 24.7 Å². The summed E-state index contributed by atoms with van der Waals surface area (Å²) in [4.78, 5) is 27.9.